The summed E-state index contributed by atoms with van der Waals surface area (Å²) in [6.45, 7) is 1.99. The van der Waals surface area contributed by atoms with E-state index in [0.29, 0.717) is 0 Å². The summed E-state index contributed by atoms with van der Waals surface area (Å²) in [5.41, 5.74) is 8.28. The summed E-state index contributed by atoms with van der Waals surface area (Å²) in [5.74, 6) is 0.206. The third-order valence-corrected chi connectivity index (χ3v) is 7.56. The number of allylic oxidation sites excluding steroid dienone is 3. The van der Waals surface area contributed by atoms with Gasteiger partial charge in [-0.05, 0) is 61.5 Å². The van der Waals surface area contributed by atoms with Crippen molar-refractivity contribution in [2.45, 2.75) is 6.92 Å². The van der Waals surface area contributed by atoms with Gasteiger partial charge in [-0.1, -0.05) is 66.8 Å². The van der Waals surface area contributed by atoms with Crippen molar-refractivity contribution in [1.29, 1.82) is 0 Å². The number of hydrogen-bond acceptors (Lipinski definition) is 4. The number of nitrogens with one attached hydrogen (secondary N) is 1. The van der Waals surface area contributed by atoms with Gasteiger partial charge in [-0.2, -0.15) is 0 Å². The van der Waals surface area contributed by atoms with Crippen LogP contribution in [0.2, 0.25) is 0 Å². The molecule has 0 unspecified atom stereocenters. The van der Waals surface area contributed by atoms with Gasteiger partial charge in [-0.15, -0.1) is 0 Å². The number of aromatic nitrogens is 4. The third kappa shape index (κ3) is 4.85. The fourth-order valence-corrected chi connectivity index (χ4v) is 5.57. The standard InChI is InChI=1S/C37H29N5O/c1-2-3-4-11-26-24-41(25-39-26)35-17-10-8-15-33(35)40-32-14-7-5-12-28(32)31-22-27(18-19-37(31)43)42-34-16-9-6-13-29(34)30-20-21-38-23-36(30)42/h2-25,40,43H,1H3/b3-2-,11-4-. The molecule has 208 valence electrons. The number of benzene rings is 4. The van der Waals surface area contributed by atoms with Crippen molar-refractivity contribution in [3.63, 3.8) is 0 Å². The molecule has 43 heavy (non-hydrogen) atoms. The number of fused-ring (bicyclic) bond motifs is 3. The molecule has 0 aliphatic carbocycles. The van der Waals surface area contributed by atoms with Crippen LogP contribution in [-0.4, -0.2) is 24.2 Å². The first kappa shape index (κ1) is 26.0. The van der Waals surface area contributed by atoms with Crippen LogP contribution in [0.3, 0.4) is 0 Å². The molecule has 0 atom stereocenters. The van der Waals surface area contributed by atoms with E-state index < -0.39 is 0 Å². The van der Waals surface area contributed by atoms with Crippen LogP contribution in [0.5, 0.6) is 5.75 Å². The maximum Gasteiger partial charge on any atom is 0.123 e. The van der Waals surface area contributed by atoms with Crippen molar-refractivity contribution in [2.75, 3.05) is 5.32 Å². The van der Waals surface area contributed by atoms with E-state index in [-0.39, 0.29) is 5.75 Å². The van der Waals surface area contributed by atoms with E-state index in [4.69, 9.17) is 0 Å². The molecule has 2 N–H and O–H groups in total. The zero-order valence-electron chi connectivity index (χ0n) is 23.6. The first-order valence-corrected chi connectivity index (χ1v) is 14.2. The number of hydrogen-bond donors (Lipinski definition) is 2. The first-order valence-electron chi connectivity index (χ1n) is 14.2. The molecule has 4 aromatic carbocycles. The normalized spacial score (nSPS) is 11.7. The smallest absolute Gasteiger partial charge is 0.123 e. The fourth-order valence-electron chi connectivity index (χ4n) is 5.57. The first-order chi connectivity index (χ1) is 21.2. The van der Waals surface area contributed by atoms with Crippen LogP contribution in [0.1, 0.15) is 12.6 Å². The van der Waals surface area contributed by atoms with E-state index >= 15 is 0 Å². The average molecular weight is 560 g/mol. The van der Waals surface area contributed by atoms with Gasteiger partial charge in [0.1, 0.15) is 5.75 Å². The largest absolute Gasteiger partial charge is 0.507 e. The van der Waals surface area contributed by atoms with Crippen molar-refractivity contribution >= 4 is 39.3 Å². The van der Waals surface area contributed by atoms with Gasteiger partial charge in [0.05, 0.1) is 40.6 Å². The summed E-state index contributed by atoms with van der Waals surface area (Å²) < 4.78 is 4.21. The van der Waals surface area contributed by atoms with Crippen LogP contribution in [-0.2, 0) is 0 Å². The topological polar surface area (TPSA) is 67.9 Å². The SMILES string of the molecule is C/C=C\C=C/c1cn(-c2ccccc2Nc2ccccc2-c2cc(-n3c4ccccc4c4ccncc43)ccc2O)cn1. The lowest BCUT2D eigenvalue weighted by Crippen LogP contribution is -2.00. The molecule has 0 saturated heterocycles. The quantitative estimate of drug-likeness (QED) is 0.191. The Kier molecular flexibility index (Phi) is 6.77. The third-order valence-electron chi connectivity index (χ3n) is 7.56. The molecular formula is C37H29N5O. The predicted molar refractivity (Wildman–Crippen MR) is 176 cm³/mol. The highest BCUT2D eigenvalue weighted by atomic mass is 16.3. The van der Waals surface area contributed by atoms with E-state index in [2.05, 4.69) is 44.1 Å². The molecule has 7 rings (SSSR count). The summed E-state index contributed by atoms with van der Waals surface area (Å²) in [4.78, 5) is 8.95. The molecule has 0 spiro atoms. The number of phenols is 1. The van der Waals surface area contributed by atoms with Gasteiger partial charge >= 0.3 is 0 Å². The molecule has 3 heterocycles. The summed E-state index contributed by atoms with van der Waals surface area (Å²) in [6, 6.07) is 32.3. The summed E-state index contributed by atoms with van der Waals surface area (Å²) in [7, 11) is 0. The Bertz CT molecular complexity index is 2100. The zero-order valence-corrected chi connectivity index (χ0v) is 23.6. The Hall–Kier alpha value is -5.88. The molecule has 0 aliphatic heterocycles. The van der Waals surface area contributed by atoms with Crippen LogP contribution < -0.4 is 5.32 Å². The minimum atomic E-state index is 0.206. The fraction of sp³-hybridized carbons (Fsp3) is 0.0270. The van der Waals surface area contributed by atoms with Gasteiger partial charge in [0.25, 0.3) is 0 Å². The highest BCUT2D eigenvalue weighted by molar-refractivity contribution is 6.09. The van der Waals surface area contributed by atoms with Crippen molar-refractivity contribution in [3.8, 4) is 28.3 Å². The molecule has 0 saturated carbocycles. The van der Waals surface area contributed by atoms with Crippen molar-refractivity contribution < 1.29 is 5.11 Å². The monoisotopic (exact) mass is 559 g/mol. The number of imidazole rings is 1. The van der Waals surface area contributed by atoms with Gasteiger partial charge in [0.2, 0.25) is 0 Å². The van der Waals surface area contributed by atoms with Crippen molar-refractivity contribution in [1.82, 2.24) is 19.1 Å². The second-order valence-corrected chi connectivity index (χ2v) is 10.2. The van der Waals surface area contributed by atoms with E-state index in [1.165, 1.54) is 0 Å². The number of pyridine rings is 1. The van der Waals surface area contributed by atoms with Gasteiger partial charge in [0, 0.05) is 45.7 Å². The van der Waals surface area contributed by atoms with Crippen LogP contribution in [0, 0.1) is 0 Å². The Morgan fingerprint density at radius 1 is 0.767 bits per heavy atom. The minimum Gasteiger partial charge on any atom is -0.507 e. The molecule has 0 bridgehead atoms. The zero-order chi connectivity index (χ0) is 29.2. The summed E-state index contributed by atoms with van der Waals surface area (Å²) in [6.07, 6.45) is 15.5. The number of nitrogens with zero attached hydrogens (tertiary/aromatic N) is 4. The summed E-state index contributed by atoms with van der Waals surface area (Å²) in [5, 5.41) is 17.1. The number of para-hydroxylation sites is 4. The van der Waals surface area contributed by atoms with E-state index in [9.17, 15) is 5.11 Å². The number of aromatic hydroxyl groups is 1. The second-order valence-electron chi connectivity index (χ2n) is 10.2. The van der Waals surface area contributed by atoms with Crippen LogP contribution in [0.25, 0.3) is 50.4 Å². The Morgan fingerprint density at radius 3 is 2.47 bits per heavy atom. The van der Waals surface area contributed by atoms with Gasteiger partial charge in [-0.3, -0.25) is 4.98 Å². The van der Waals surface area contributed by atoms with E-state index in [1.54, 1.807) is 6.07 Å². The van der Waals surface area contributed by atoms with E-state index in [0.717, 1.165) is 61.4 Å². The van der Waals surface area contributed by atoms with Crippen molar-refractivity contribution in [2.24, 2.45) is 0 Å². The maximum atomic E-state index is 11.2. The van der Waals surface area contributed by atoms with Crippen LogP contribution >= 0.6 is 0 Å². The maximum absolute atomic E-state index is 11.2. The lowest BCUT2D eigenvalue weighted by Gasteiger charge is -2.17. The number of phenolic OH excluding ortho intramolecular Hbond substituents is 1. The highest BCUT2D eigenvalue weighted by Crippen LogP contribution is 2.39. The van der Waals surface area contributed by atoms with Crippen LogP contribution in [0.4, 0.5) is 11.4 Å². The predicted octanol–water partition coefficient (Wildman–Crippen LogP) is 9.07. The van der Waals surface area contributed by atoms with Gasteiger partial charge in [-0.25, -0.2) is 4.98 Å². The number of anilines is 2. The lowest BCUT2D eigenvalue weighted by molar-refractivity contribution is 0.477. The van der Waals surface area contributed by atoms with Crippen LogP contribution in [0.15, 0.2) is 140 Å². The molecule has 0 aliphatic rings. The average Bonchev–Trinajstić information content (AvgIpc) is 3.65. The minimum absolute atomic E-state index is 0.206. The Labute approximate surface area is 249 Å². The molecule has 0 amide bonds. The Balaban J connectivity index is 1.30. The molecule has 3 aromatic heterocycles. The van der Waals surface area contributed by atoms with E-state index in [1.807, 2.05) is 127 Å². The van der Waals surface area contributed by atoms with Crippen molar-refractivity contribution in [3.05, 3.63) is 146 Å². The molecule has 0 radical (unpaired) electrons. The highest BCUT2D eigenvalue weighted by Gasteiger charge is 2.16. The molecular weight excluding hydrogens is 530 g/mol. The van der Waals surface area contributed by atoms with Gasteiger partial charge in [0.15, 0.2) is 0 Å². The van der Waals surface area contributed by atoms with Gasteiger partial charge < -0.3 is 19.6 Å². The lowest BCUT2D eigenvalue weighted by atomic mass is 10.0. The molecule has 6 nitrogen and oxygen atoms in total. The molecule has 6 heteroatoms. The summed E-state index contributed by atoms with van der Waals surface area (Å²) >= 11 is 0. The second kappa shape index (κ2) is 11.2. The molecule has 7 aromatic rings. The molecule has 0 fully saturated rings. The Morgan fingerprint density at radius 2 is 1.56 bits per heavy atom. The number of rotatable bonds is 7.